The zero-order chi connectivity index (χ0) is 16.9. The Morgan fingerprint density at radius 2 is 2.12 bits per heavy atom. The number of nitrogens with zero attached hydrogens (tertiary/aromatic N) is 2. The van der Waals surface area contributed by atoms with Gasteiger partial charge in [-0.1, -0.05) is 38.0 Å². The normalized spacial score (nSPS) is 18.6. The van der Waals surface area contributed by atoms with Gasteiger partial charge in [-0.05, 0) is 37.9 Å². The molecule has 0 saturated carbocycles. The van der Waals surface area contributed by atoms with Crippen LogP contribution < -0.4 is 0 Å². The van der Waals surface area contributed by atoms with Gasteiger partial charge in [0.15, 0.2) is 11.5 Å². The van der Waals surface area contributed by atoms with Crippen molar-refractivity contribution in [1.29, 1.82) is 0 Å². The first kappa shape index (κ1) is 16.7. The fraction of sp³-hybridized carbons (Fsp3) is 0.474. The van der Waals surface area contributed by atoms with Gasteiger partial charge in [0, 0.05) is 11.6 Å². The highest BCUT2D eigenvalue weighted by Crippen LogP contribution is 2.27. The minimum absolute atomic E-state index is 0.0367. The molecule has 1 unspecified atom stereocenters. The Balaban J connectivity index is 1.86. The van der Waals surface area contributed by atoms with Crippen molar-refractivity contribution in [3.05, 3.63) is 41.8 Å². The Morgan fingerprint density at radius 1 is 1.33 bits per heavy atom. The summed E-state index contributed by atoms with van der Waals surface area (Å²) in [6.45, 7) is 3.70. The first-order chi connectivity index (χ1) is 11.7. The topological polar surface area (TPSA) is 66.6 Å². The van der Waals surface area contributed by atoms with E-state index in [-0.39, 0.29) is 5.69 Å². The largest absolute Gasteiger partial charge is 0.476 e. The Morgan fingerprint density at radius 3 is 2.83 bits per heavy atom. The average Bonchev–Trinajstić information content (AvgIpc) is 3.02. The van der Waals surface area contributed by atoms with Gasteiger partial charge >= 0.3 is 5.97 Å². The number of hydrogen-bond acceptors (Lipinski definition) is 4. The molecule has 0 radical (unpaired) electrons. The summed E-state index contributed by atoms with van der Waals surface area (Å²) in [5.41, 5.74) is 0.838. The van der Waals surface area contributed by atoms with Crippen molar-refractivity contribution in [2.45, 2.75) is 51.6 Å². The highest BCUT2D eigenvalue weighted by molar-refractivity contribution is 5.87. The SMILES string of the molecule is CCCC1CCCCN1Cc1oc(-c2ccccc2)nc1C(=O)O. The Bertz CT molecular complexity index is 679. The van der Waals surface area contributed by atoms with E-state index < -0.39 is 5.97 Å². The van der Waals surface area contributed by atoms with Gasteiger partial charge in [0.2, 0.25) is 5.89 Å². The number of rotatable bonds is 6. The molecule has 5 nitrogen and oxygen atoms in total. The number of piperidine rings is 1. The molecular weight excluding hydrogens is 304 g/mol. The lowest BCUT2D eigenvalue weighted by Gasteiger charge is -2.35. The van der Waals surface area contributed by atoms with Crippen LogP contribution in [0.1, 0.15) is 55.3 Å². The molecule has 1 aliphatic rings. The molecule has 0 aliphatic carbocycles. The Labute approximate surface area is 142 Å². The summed E-state index contributed by atoms with van der Waals surface area (Å²) in [5, 5.41) is 9.48. The number of carboxylic acid groups (broad SMARTS) is 1. The maximum absolute atomic E-state index is 11.6. The highest BCUT2D eigenvalue weighted by atomic mass is 16.4. The van der Waals surface area contributed by atoms with E-state index in [2.05, 4.69) is 16.8 Å². The molecule has 1 aromatic carbocycles. The minimum Gasteiger partial charge on any atom is -0.476 e. The van der Waals surface area contributed by atoms with Gasteiger partial charge in [0.05, 0.1) is 6.54 Å². The van der Waals surface area contributed by atoms with Crippen LogP contribution in [0.2, 0.25) is 0 Å². The van der Waals surface area contributed by atoms with Gasteiger partial charge in [-0.25, -0.2) is 9.78 Å². The quantitative estimate of drug-likeness (QED) is 0.861. The molecule has 2 heterocycles. The third kappa shape index (κ3) is 3.67. The smallest absolute Gasteiger partial charge is 0.358 e. The fourth-order valence-corrected chi connectivity index (χ4v) is 3.44. The summed E-state index contributed by atoms with van der Waals surface area (Å²) in [6.07, 6.45) is 5.86. The van der Waals surface area contributed by atoms with Crippen LogP contribution >= 0.6 is 0 Å². The van der Waals surface area contributed by atoms with E-state index in [1.54, 1.807) is 0 Å². The van der Waals surface area contributed by atoms with E-state index >= 15 is 0 Å². The number of carboxylic acids is 1. The van der Waals surface area contributed by atoms with Crippen molar-refractivity contribution in [2.75, 3.05) is 6.54 Å². The van der Waals surface area contributed by atoms with Crippen molar-refractivity contribution in [3.8, 4) is 11.5 Å². The Hall–Kier alpha value is -2.14. The molecule has 0 spiro atoms. The zero-order valence-electron chi connectivity index (χ0n) is 14.1. The first-order valence-corrected chi connectivity index (χ1v) is 8.71. The summed E-state index contributed by atoms with van der Waals surface area (Å²) in [7, 11) is 0. The van der Waals surface area contributed by atoms with Crippen LogP contribution in [0.3, 0.4) is 0 Å². The lowest BCUT2D eigenvalue weighted by Crippen LogP contribution is -2.39. The maximum Gasteiger partial charge on any atom is 0.358 e. The molecule has 2 aromatic rings. The van der Waals surface area contributed by atoms with E-state index in [0.717, 1.165) is 31.4 Å². The second-order valence-electron chi connectivity index (χ2n) is 6.37. The molecular formula is C19H24N2O3. The van der Waals surface area contributed by atoms with Crippen LogP contribution in [-0.2, 0) is 6.54 Å². The molecule has 128 valence electrons. The summed E-state index contributed by atoms with van der Waals surface area (Å²) >= 11 is 0. The van der Waals surface area contributed by atoms with Crippen LogP contribution in [0.25, 0.3) is 11.5 Å². The summed E-state index contributed by atoms with van der Waals surface area (Å²) in [4.78, 5) is 18.2. The van der Waals surface area contributed by atoms with Gasteiger partial charge in [-0.15, -0.1) is 0 Å². The first-order valence-electron chi connectivity index (χ1n) is 8.71. The average molecular weight is 328 g/mol. The van der Waals surface area contributed by atoms with E-state index in [9.17, 15) is 9.90 Å². The molecule has 1 atom stereocenters. The molecule has 3 rings (SSSR count). The lowest BCUT2D eigenvalue weighted by atomic mass is 9.98. The highest BCUT2D eigenvalue weighted by Gasteiger charge is 2.27. The van der Waals surface area contributed by atoms with Crippen LogP contribution in [0.5, 0.6) is 0 Å². The van der Waals surface area contributed by atoms with Crippen molar-refractivity contribution in [3.63, 3.8) is 0 Å². The number of oxazole rings is 1. The number of aromatic carboxylic acids is 1. The van der Waals surface area contributed by atoms with Crippen molar-refractivity contribution in [2.24, 2.45) is 0 Å². The third-order valence-corrected chi connectivity index (χ3v) is 4.64. The summed E-state index contributed by atoms with van der Waals surface area (Å²) in [6, 6.07) is 9.96. The van der Waals surface area contributed by atoms with Gasteiger partial charge in [-0.2, -0.15) is 0 Å². The van der Waals surface area contributed by atoms with E-state index in [1.165, 1.54) is 12.8 Å². The van der Waals surface area contributed by atoms with Crippen molar-refractivity contribution in [1.82, 2.24) is 9.88 Å². The molecule has 1 N–H and O–H groups in total. The molecule has 1 aliphatic heterocycles. The van der Waals surface area contributed by atoms with Crippen LogP contribution in [-0.4, -0.2) is 33.5 Å². The van der Waals surface area contributed by atoms with Crippen molar-refractivity contribution >= 4 is 5.97 Å². The second kappa shape index (κ2) is 7.62. The van der Waals surface area contributed by atoms with Crippen LogP contribution in [0, 0.1) is 0 Å². The molecule has 1 saturated heterocycles. The molecule has 24 heavy (non-hydrogen) atoms. The number of carbonyl (C=O) groups is 1. The van der Waals surface area contributed by atoms with E-state index in [0.29, 0.717) is 24.2 Å². The van der Waals surface area contributed by atoms with Crippen LogP contribution in [0.15, 0.2) is 34.7 Å². The van der Waals surface area contributed by atoms with Crippen molar-refractivity contribution < 1.29 is 14.3 Å². The number of likely N-dealkylation sites (tertiary alicyclic amines) is 1. The minimum atomic E-state index is -1.03. The zero-order valence-corrected chi connectivity index (χ0v) is 14.1. The second-order valence-corrected chi connectivity index (χ2v) is 6.37. The number of aromatic nitrogens is 1. The van der Waals surface area contributed by atoms with Gasteiger partial charge < -0.3 is 9.52 Å². The molecule has 0 amide bonds. The predicted molar refractivity (Wildman–Crippen MR) is 91.9 cm³/mol. The number of benzene rings is 1. The molecule has 1 aromatic heterocycles. The predicted octanol–water partition coefficient (Wildman–Crippen LogP) is 4.19. The van der Waals surface area contributed by atoms with Gasteiger partial charge in [0.1, 0.15) is 0 Å². The molecule has 5 heteroatoms. The van der Waals surface area contributed by atoms with E-state index in [1.807, 2.05) is 30.3 Å². The Kier molecular flexibility index (Phi) is 5.30. The van der Waals surface area contributed by atoms with Crippen LogP contribution in [0.4, 0.5) is 0 Å². The fourth-order valence-electron chi connectivity index (χ4n) is 3.44. The van der Waals surface area contributed by atoms with Gasteiger partial charge in [-0.3, -0.25) is 4.90 Å². The maximum atomic E-state index is 11.6. The molecule has 1 fully saturated rings. The summed E-state index contributed by atoms with van der Waals surface area (Å²) in [5.74, 6) is -0.184. The monoisotopic (exact) mass is 328 g/mol. The number of hydrogen-bond donors (Lipinski definition) is 1. The summed E-state index contributed by atoms with van der Waals surface area (Å²) < 4.78 is 5.86. The third-order valence-electron chi connectivity index (χ3n) is 4.64. The lowest BCUT2D eigenvalue weighted by molar-refractivity contribution is 0.0682. The van der Waals surface area contributed by atoms with Gasteiger partial charge in [0.25, 0.3) is 0 Å². The van der Waals surface area contributed by atoms with E-state index in [4.69, 9.17) is 4.42 Å². The molecule has 0 bridgehead atoms. The standard InChI is InChI=1S/C19H24N2O3/c1-2-8-15-11-6-7-12-21(15)13-16-17(19(22)23)20-18(24-16)14-9-4-3-5-10-14/h3-5,9-10,15H,2,6-8,11-13H2,1H3,(H,22,23).